The quantitative estimate of drug-likeness (QED) is 0.710. The number of carbonyl (C=O) groups is 1. The van der Waals surface area contributed by atoms with Gasteiger partial charge in [-0.3, -0.25) is 4.52 Å². The normalized spacial score (nSPS) is 10.0. The van der Waals surface area contributed by atoms with Crippen LogP contribution in [-0.4, -0.2) is 31.5 Å². The SMILES string of the molecule is COP=O.CO[P+](=O)CC(=O)O. The molecule has 0 heterocycles. The molecule has 0 aromatic heterocycles. The Hall–Kier alpha value is -0.410. The van der Waals surface area contributed by atoms with Crippen molar-refractivity contribution in [2.24, 2.45) is 0 Å². The summed E-state index contributed by atoms with van der Waals surface area (Å²) in [7, 11) is 0.347. The van der Waals surface area contributed by atoms with Crippen molar-refractivity contribution in [1.29, 1.82) is 0 Å². The molecule has 0 spiro atoms. The molecule has 8 heteroatoms. The first-order valence-electron chi connectivity index (χ1n) is 2.64. The molecule has 70 valence electrons. The lowest BCUT2D eigenvalue weighted by Crippen LogP contribution is -1.97. The summed E-state index contributed by atoms with van der Waals surface area (Å²) in [6, 6.07) is 0. The summed E-state index contributed by atoms with van der Waals surface area (Å²) in [6.07, 6.45) is -0.411. The number of aliphatic carboxylic acids is 1. The second-order valence-electron chi connectivity index (χ2n) is 1.32. The number of hydrogen-bond acceptors (Lipinski definition) is 5. The van der Waals surface area contributed by atoms with Gasteiger partial charge in [0.25, 0.3) is 6.16 Å². The van der Waals surface area contributed by atoms with Gasteiger partial charge in [-0.1, -0.05) is 0 Å². The third kappa shape index (κ3) is 16.3. The smallest absolute Gasteiger partial charge is 0.478 e. The van der Waals surface area contributed by atoms with E-state index in [1.165, 1.54) is 14.2 Å². The van der Waals surface area contributed by atoms with Crippen molar-refractivity contribution in [2.75, 3.05) is 20.4 Å². The first-order chi connectivity index (χ1) is 5.58. The molecule has 0 fully saturated rings. The number of rotatable bonds is 4. The van der Waals surface area contributed by atoms with Crippen LogP contribution in [0.2, 0.25) is 0 Å². The summed E-state index contributed by atoms with van der Waals surface area (Å²) in [5, 5.41) is 7.95. The van der Waals surface area contributed by atoms with E-state index >= 15 is 0 Å². The molecular weight excluding hydrogens is 206 g/mol. The molecule has 1 N–H and O–H groups in total. The van der Waals surface area contributed by atoms with Gasteiger partial charge in [0.1, 0.15) is 0 Å². The zero-order chi connectivity index (χ0) is 9.98. The maximum absolute atomic E-state index is 10.2. The van der Waals surface area contributed by atoms with Crippen molar-refractivity contribution in [2.45, 2.75) is 0 Å². The summed E-state index contributed by atoms with van der Waals surface area (Å²) < 4.78 is 27.4. The number of hydrogen-bond donors (Lipinski definition) is 1. The molecule has 0 aromatic rings. The van der Waals surface area contributed by atoms with Crippen LogP contribution in [0, 0.1) is 0 Å². The highest BCUT2D eigenvalue weighted by atomic mass is 31.1. The first-order valence-corrected chi connectivity index (χ1v) is 4.74. The van der Waals surface area contributed by atoms with Gasteiger partial charge in [0.05, 0.1) is 7.11 Å². The Kier molecular flexibility index (Phi) is 12.5. The van der Waals surface area contributed by atoms with Crippen molar-refractivity contribution in [3.05, 3.63) is 0 Å². The molecule has 0 saturated carbocycles. The van der Waals surface area contributed by atoms with E-state index in [9.17, 15) is 9.36 Å². The Morgan fingerprint density at radius 3 is 2.08 bits per heavy atom. The molecule has 1 unspecified atom stereocenters. The van der Waals surface area contributed by atoms with E-state index in [0.29, 0.717) is 0 Å². The van der Waals surface area contributed by atoms with E-state index in [1.54, 1.807) is 0 Å². The van der Waals surface area contributed by atoms with Crippen LogP contribution in [0.15, 0.2) is 0 Å². The highest BCUT2D eigenvalue weighted by molar-refractivity contribution is 7.40. The fourth-order valence-corrected chi connectivity index (χ4v) is 0.525. The van der Waals surface area contributed by atoms with Gasteiger partial charge in [0, 0.05) is 7.11 Å². The molecule has 0 saturated heterocycles. The van der Waals surface area contributed by atoms with Crippen LogP contribution in [0.25, 0.3) is 0 Å². The third-order valence-electron chi connectivity index (χ3n) is 0.543. The number of carboxylic acid groups (broad SMARTS) is 1. The highest BCUT2D eigenvalue weighted by Gasteiger charge is 2.19. The molecule has 0 aliphatic carbocycles. The molecule has 1 atom stereocenters. The van der Waals surface area contributed by atoms with Crippen molar-refractivity contribution in [3.63, 3.8) is 0 Å². The lowest BCUT2D eigenvalue weighted by molar-refractivity contribution is -0.134. The van der Waals surface area contributed by atoms with Crippen LogP contribution in [0.4, 0.5) is 0 Å². The van der Waals surface area contributed by atoms with Crippen LogP contribution >= 0.6 is 16.7 Å². The standard InChI is InChI=1S/C3H5O4P.CH3O2P/c1-7-8(6)2-3(4)5;1-3-4-2/h2H2,1H3;1H3/p+1. The fraction of sp³-hybridized carbons (Fsp3) is 0.750. The second kappa shape index (κ2) is 10.6. The van der Waals surface area contributed by atoms with Gasteiger partial charge in [-0.25, -0.2) is 9.36 Å². The Bertz CT molecular complexity index is 158. The summed E-state index contributed by atoms with van der Waals surface area (Å²) in [6.45, 7) is 0. The minimum absolute atomic E-state index is 0.252. The van der Waals surface area contributed by atoms with Crippen LogP contribution in [-0.2, 0) is 23.0 Å². The fourth-order valence-electron chi connectivity index (χ4n) is 0.175. The van der Waals surface area contributed by atoms with Gasteiger partial charge in [0.15, 0.2) is 0 Å². The Morgan fingerprint density at radius 1 is 1.58 bits per heavy atom. The van der Waals surface area contributed by atoms with Crippen LogP contribution in [0.5, 0.6) is 0 Å². The first kappa shape index (κ1) is 14.1. The minimum Gasteiger partial charge on any atom is -0.478 e. The van der Waals surface area contributed by atoms with E-state index < -0.39 is 20.2 Å². The number of carboxylic acids is 1. The molecule has 6 nitrogen and oxygen atoms in total. The van der Waals surface area contributed by atoms with E-state index in [-0.39, 0.29) is 8.69 Å². The average Bonchev–Trinajstić information content (AvgIpc) is 2.04. The highest BCUT2D eigenvalue weighted by Crippen LogP contribution is 2.18. The maximum Gasteiger partial charge on any atom is 0.519 e. The van der Waals surface area contributed by atoms with Gasteiger partial charge in [-0.15, -0.1) is 4.52 Å². The average molecular weight is 215 g/mol. The van der Waals surface area contributed by atoms with Crippen molar-refractivity contribution in [1.82, 2.24) is 0 Å². The molecule has 0 aliphatic rings. The third-order valence-corrected chi connectivity index (χ3v) is 1.63. The predicted octanol–water partition coefficient (Wildman–Crippen LogP) is 1.30. The van der Waals surface area contributed by atoms with Gasteiger partial charge in [0.2, 0.25) is 0 Å². The molecule has 0 rings (SSSR count). The Balaban J connectivity index is 0. The summed E-state index contributed by atoms with van der Waals surface area (Å²) in [5.74, 6) is -1.10. The van der Waals surface area contributed by atoms with Gasteiger partial charge >= 0.3 is 22.7 Å². The topological polar surface area (TPSA) is 89.9 Å². The van der Waals surface area contributed by atoms with Gasteiger partial charge < -0.3 is 5.11 Å². The lowest BCUT2D eigenvalue weighted by atomic mass is 10.8. The second-order valence-corrected chi connectivity index (χ2v) is 3.19. The Morgan fingerprint density at radius 2 is 2.00 bits per heavy atom. The van der Waals surface area contributed by atoms with Crippen molar-refractivity contribution >= 4 is 22.7 Å². The van der Waals surface area contributed by atoms with Crippen LogP contribution in [0.1, 0.15) is 0 Å². The van der Waals surface area contributed by atoms with Crippen molar-refractivity contribution < 1.29 is 28.1 Å². The molecule has 0 aromatic carbocycles. The predicted molar refractivity (Wildman–Crippen MR) is 41.7 cm³/mol. The maximum atomic E-state index is 10.2. The van der Waals surface area contributed by atoms with Crippen LogP contribution < -0.4 is 0 Å². The van der Waals surface area contributed by atoms with E-state index in [0.717, 1.165) is 0 Å². The van der Waals surface area contributed by atoms with Crippen molar-refractivity contribution in [3.8, 4) is 0 Å². The summed E-state index contributed by atoms with van der Waals surface area (Å²) in [4.78, 5) is 9.70. The van der Waals surface area contributed by atoms with E-state index in [2.05, 4.69) is 9.05 Å². The van der Waals surface area contributed by atoms with Gasteiger partial charge in [-0.2, -0.15) is 0 Å². The monoisotopic (exact) mass is 215 g/mol. The molecule has 0 radical (unpaired) electrons. The summed E-state index contributed by atoms with van der Waals surface area (Å²) >= 11 is 0. The molecule has 0 aliphatic heterocycles. The molecule has 12 heavy (non-hydrogen) atoms. The minimum atomic E-state index is -1.97. The molecular formula is C4H9O6P2+. The molecule has 0 bridgehead atoms. The molecule has 0 amide bonds. The lowest BCUT2D eigenvalue weighted by Gasteiger charge is -1.74. The van der Waals surface area contributed by atoms with E-state index in [1.807, 2.05) is 0 Å². The Labute approximate surface area is 72.0 Å². The van der Waals surface area contributed by atoms with E-state index in [4.69, 9.17) is 9.67 Å². The summed E-state index contributed by atoms with van der Waals surface area (Å²) in [5.41, 5.74) is 0. The van der Waals surface area contributed by atoms with Crippen LogP contribution in [0.3, 0.4) is 0 Å². The van der Waals surface area contributed by atoms with Gasteiger partial charge in [-0.05, 0) is 4.57 Å². The zero-order valence-electron chi connectivity index (χ0n) is 6.59. The zero-order valence-corrected chi connectivity index (χ0v) is 8.38. The largest absolute Gasteiger partial charge is 0.519 e.